The number of rotatable bonds is 4. The quantitative estimate of drug-likeness (QED) is 0.905. The molecule has 2 atom stereocenters. The molecule has 20 heavy (non-hydrogen) atoms. The van der Waals surface area contributed by atoms with Crippen LogP contribution in [0.1, 0.15) is 41.4 Å². The highest BCUT2D eigenvalue weighted by Gasteiger charge is 2.32. The second-order valence-electron chi connectivity index (χ2n) is 4.90. The molecule has 1 aliphatic rings. The van der Waals surface area contributed by atoms with Crippen LogP contribution in [0.15, 0.2) is 24.5 Å². The van der Waals surface area contributed by atoms with Crippen molar-refractivity contribution < 1.29 is 9.90 Å². The molecule has 104 valence electrons. The van der Waals surface area contributed by atoms with Gasteiger partial charge < -0.3 is 10.4 Å². The third-order valence-corrected chi connectivity index (χ3v) is 4.62. The first-order chi connectivity index (χ1) is 9.65. The molecule has 1 aliphatic carbocycles. The van der Waals surface area contributed by atoms with Crippen molar-refractivity contribution in [1.29, 1.82) is 0 Å². The van der Waals surface area contributed by atoms with Crippen molar-refractivity contribution in [3.8, 4) is 0 Å². The second-order valence-corrected chi connectivity index (χ2v) is 5.99. The maximum atomic E-state index is 11.2. The zero-order valence-corrected chi connectivity index (χ0v) is 11.9. The molecule has 2 heterocycles. The van der Waals surface area contributed by atoms with Gasteiger partial charge in [0.2, 0.25) is 0 Å². The number of fused-ring (bicyclic) bond motifs is 1. The molecule has 0 aliphatic heterocycles. The summed E-state index contributed by atoms with van der Waals surface area (Å²) >= 11 is 1.56. The summed E-state index contributed by atoms with van der Waals surface area (Å²) in [5.41, 5.74) is 1.87. The monoisotopic (exact) mass is 289 g/mol. The van der Waals surface area contributed by atoms with Gasteiger partial charge in [0.05, 0.1) is 11.7 Å². The number of carbonyl (C=O) groups is 1. The maximum Gasteiger partial charge on any atom is 0.312 e. The normalized spacial score (nSPS) is 18.6. The Bertz CT molecular complexity index is 627. The molecule has 0 amide bonds. The Hall–Kier alpha value is -1.95. The van der Waals surface area contributed by atoms with Gasteiger partial charge in [0.1, 0.15) is 5.92 Å². The van der Waals surface area contributed by atoms with Crippen LogP contribution >= 0.6 is 11.3 Å². The van der Waals surface area contributed by atoms with E-state index in [2.05, 4.69) is 22.2 Å². The summed E-state index contributed by atoms with van der Waals surface area (Å²) in [6.45, 7) is 2.05. The first kappa shape index (κ1) is 13.1. The molecule has 2 unspecified atom stereocenters. The highest BCUT2D eigenvalue weighted by molar-refractivity contribution is 7.15. The average molecular weight is 289 g/mol. The van der Waals surface area contributed by atoms with E-state index < -0.39 is 11.9 Å². The predicted molar refractivity (Wildman–Crippen MR) is 77.1 cm³/mol. The molecular formula is C14H15N3O2S. The van der Waals surface area contributed by atoms with Crippen LogP contribution in [0.3, 0.4) is 0 Å². The number of nitrogens with zero attached hydrogens (tertiary/aromatic N) is 2. The van der Waals surface area contributed by atoms with Gasteiger partial charge in [0, 0.05) is 17.3 Å². The van der Waals surface area contributed by atoms with Gasteiger partial charge in [-0.15, -0.1) is 11.3 Å². The number of anilines is 1. The molecule has 2 aromatic rings. The smallest absolute Gasteiger partial charge is 0.312 e. The van der Waals surface area contributed by atoms with E-state index in [0.29, 0.717) is 6.42 Å². The van der Waals surface area contributed by atoms with Crippen LogP contribution < -0.4 is 5.32 Å². The highest BCUT2D eigenvalue weighted by atomic mass is 32.1. The van der Waals surface area contributed by atoms with E-state index in [1.807, 2.05) is 12.1 Å². The van der Waals surface area contributed by atoms with Crippen LogP contribution in [0, 0.1) is 0 Å². The minimum atomic E-state index is -0.775. The number of carboxylic acids is 1. The Kier molecular flexibility index (Phi) is 3.40. The topological polar surface area (TPSA) is 75.1 Å². The molecule has 3 rings (SSSR count). The van der Waals surface area contributed by atoms with Crippen molar-refractivity contribution in [3.63, 3.8) is 0 Å². The molecule has 0 radical (unpaired) electrons. The van der Waals surface area contributed by atoms with E-state index >= 15 is 0 Å². The van der Waals surface area contributed by atoms with Crippen molar-refractivity contribution in [2.75, 3.05) is 5.32 Å². The Morgan fingerprint density at radius 2 is 2.25 bits per heavy atom. The fraction of sp³-hybridized carbons (Fsp3) is 0.357. The van der Waals surface area contributed by atoms with Crippen molar-refractivity contribution in [3.05, 3.63) is 40.7 Å². The van der Waals surface area contributed by atoms with E-state index in [1.54, 1.807) is 23.7 Å². The maximum absolute atomic E-state index is 11.2. The summed E-state index contributed by atoms with van der Waals surface area (Å²) in [6.07, 6.45) is 5.00. The standard InChI is InChI=1S/C14H15N3O2S/c1-8(9-4-6-15-7-5-9)16-14-17-12-10(13(18)19)2-3-11(12)20-14/h4-8,10H,2-3H2,1H3,(H,16,17)(H,18,19). The zero-order chi connectivity index (χ0) is 14.1. The van der Waals surface area contributed by atoms with Gasteiger partial charge in [0.25, 0.3) is 0 Å². The van der Waals surface area contributed by atoms with Gasteiger partial charge in [-0.05, 0) is 37.5 Å². The predicted octanol–water partition coefficient (Wildman–Crippen LogP) is 2.83. The first-order valence-electron chi connectivity index (χ1n) is 6.54. The van der Waals surface area contributed by atoms with Gasteiger partial charge in [0.15, 0.2) is 5.13 Å². The Morgan fingerprint density at radius 3 is 2.95 bits per heavy atom. The third-order valence-electron chi connectivity index (χ3n) is 3.56. The molecular weight excluding hydrogens is 274 g/mol. The van der Waals surface area contributed by atoms with E-state index in [9.17, 15) is 4.79 Å². The lowest BCUT2D eigenvalue weighted by atomic mass is 10.1. The van der Waals surface area contributed by atoms with Crippen molar-refractivity contribution in [2.45, 2.75) is 31.7 Å². The van der Waals surface area contributed by atoms with Crippen LogP contribution in [0.2, 0.25) is 0 Å². The van der Waals surface area contributed by atoms with E-state index in [4.69, 9.17) is 5.11 Å². The van der Waals surface area contributed by atoms with Gasteiger partial charge in [-0.25, -0.2) is 4.98 Å². The number of carboxylic acid groups (broad SMARTS) is 1. The lowest BCUT2D eigenvalue weighted by molar-refractivity contribution is -0.138. The first-order valence-corrected chi connectivity index (χ1v) is 7.35. The number of pyridine rings is 1. The second kappa shape index (κ2) is 5.20. The number of hydrogen-bond acceptors (Lipinski definition) is 5. The van der Waals surface area contributed by atoms with E-state index in [0.717, 1.165) is 27.7 Å². The molecule has 0 spiro atoms. The Labute approximate surface area is 120 Å². The number of nitrogens with one attached hydrogen (secondary N) is 1. The summed E-state index contributed by atoms with van der Waals surface area (Å²) in [7, 11) is 0. The van der Waals surface area contributed by atoms with Crippen LogP contribution in [-0.4, -0.2) is 21.0 Å². The molecule has 6 heteroatoms. The number of thiazole rings is 1. The van der Waals surface area contributed by atoms with Crippen LogP contribution in [0.25, 0.3) is 0 Å². The Morgan fingerprint density at radius 1 is 1.50 bits per heavy atom. The number of aromatic nitrogens is 2. The van der Waals surface area contributed by atoms with Crippen LogP contribution in [0.5, 0.6) is 0 Å². The van der Waals surface area contributed by atoms with E-state index in [-0.39, 0.29) is 6.04 Å². The molecule has 0 saturated carbocycles. The lowest BCUT2D eigenvalue weighted by Gasteiger charge is -2.13. The van der Waals surface area contributed by atoms with Crippen molar-refractivity contribution in [1.82, 2.24) is 9.97 Å². The average Bonchev–Trinajstić information content (AvgIpc) is 2.98. The van der Waals surface area contributed by atoms with Crippen LogP contribution in [0.4, 0.5) is 5.13 Å². The molecule has 2 aromatic heterocycles. The summed E-state index contributed by atoms with van der Waals surface area (Å²) in [4.78, 5) is 20.7. The van der Waals surface area contributed by atoms with Gasteiger partial charge in [-0.1, -0.05) is 0 Å². The summed E-state index contributed by atoms with van der Waals surface area (Å²) < 4.78 is 0. The molecule has 2 N–H and O–H groups in total. The molecule has 0 bridgehead atoms. The van der Waals surface area contributed by atoms with E-state index in [1.165, 1.54) is 0 Å². The molecule has 0 aromatic carbocycles. The zero-order valence-electron chi connectivity index (χ0n) is 11.0. The van der Waals surface area contributed by atoms with Crippen LogP contribution in [-0.2, 0) is 11.2 Å². The van der Waals surface area contributed by atoms with Crippen molar-refractivity contribution in [2.24, 2.45) is 0 Å². The SMILES string of the molecule is CC(Nc1nc2c(s1)CCC2C(=O)O)c1ccncc1. The minimum absolute atomic E-state index is 0.118. The van der Waals surface area contributed by atoms with Gasteiger partial charge >= 0.3 is 5.97 Å². The Balaban J connectivity index is 1.77. The summed E-state index contributed by atoms with van der Waals surface area (Å²) in [5, 5.41) is 13.3. The number of aryl methyl sites for hydroxylation is 1. The lowest BCUT2D eigenvalue weighted by Crippen LogP contribution is -2.10. The third kappa shape index (κ3) is 2.38. The molecule has 0 saturated heterocycles. The fourth-order valence-corrected chi connectivity index (χ4v) is 3.58. The van der Waals surface area contributed by atoms with Gasteiger partial charge in [-0.3, -0.25) is 9.78 Å². The van der Waals surface area contributed by atoms with Crippen molar-refractivity contribution >= 4 is 22.4 Å². The number of hydrogen-bond donors (Lipinski definition) is 2. The summed E-state index contributed by atoms with van der Waals surface area (Å²) in [6, 6.07) is 4.03. The number of aliphatic carboxylic acids is 1. The molecule has 5 nitrogen and oxygen atoms in total. The van der Waals surface area contributed by atoms with Gasteiger partial charge in [-0.2, -0.15) is 0 Å². The molecule has 0 fully saturated rings. The minimum Gasteiger partial charge on any atom is -0.481 e. The summed E-state index contributed by atoms with van der Waals surface area (Å²) in [5.74, 6) is -1.21. The fourth-order valence-electron chi connectivity index (χ4n) is 2.45. The largest absolute Gasteiger partial charge is 0.481 e. The highest BCUT2D eigenvalue weighted by Crippen LogP contribution is 2.39.